The van der Waals surface area contributed by atoms with Crippen LogP contribution >= 0.6 is 22.6 Å². The van der Waals surface area contributed by atoms with E-state index in [1.807, 2.05) is 0 Å². The molecule has 0 radical (unpaired) electrons. The van der Waals surface area contributed by atoms with Crippen LogP contribution in [-0.2, 0) is 14.3 Å². The van der Waals surface area contributed by atoms with Crippen LogP contribution in [0.4, 0.5) is 0 Å². The minimum atomic E-state index is -2.79. The van der Waals surface area contributed by atoms with Crippen molar-refractivity contribution >= 4 is 34.5 Å². The van der Waals surface area contributed by atoms with E-state index in [2.05, 4.69) is 5.32 Å². The molecule has 0 aromatic rings. The van der Waals surface area contributed by atoms with E-state index in [1.165, 1.54) is 0 Å². The Morgan fingerprint density at radius 1 is 1.41 bits per heavy atom. The number of carbonyl (C=O) groups excluding carboxylic acids is 1. The summed E-state index contributed by atoms with van der Waals surface area (Å²) in [5.74, 6) is -5.10. The Balaban J connectivity index is 3.07. The van der Waals surface area contributed by atoms with Crippen molar-refractivity contribution in [2.75, 3.05) is 11.0 Å². The maximum Gasteiger partial charge on any atom is 0.364 e. The molecule has 128 valence electrons. The molecule has 0 aromatic carbocycles. The number of alkyl halides is 1. The van der Waals surface area contributed by atoms with E-state index in [-0.39, 0.29) is 4.43 Å². The summed E-state index contributed by atoms with van der Waals surface area (Å²) >= 11 is 1.75. The number of nitrogens with one attached hydrogen (secondary N) is 1. The highest BCUT2D eigenvalue weighted by atomic mass is 127. The van der Waals surface area contributed by atoms with Crippen LogP contribution in [0.2, 0.25) is 0 Å². The number of ether oxygens (including phenoxy) is 1. The fourth-order valence-corrected chi connectivity index (χ4v) is 2.35. The smallest absolute Gasteiger partial charge is 0.364 e. The van der Waals surface area contributed by atoms with Gasteiger partial charge < -0.3 is 40.7 Å². The third-order valence-electron chi connectivity index (χ3n) is 3.29. The summed E-state index contributed by atoms with van der Waals surface area (Å²) in [4.78, 5) is 22.5. The lowest BCUT2D eigenvalue weighted by atomic mass is 9.88. The van der Waals surface area contributed by atoms with Crippen LogP contribution < -0.4 is 5.32 Å². The van der Waals surface area contributed by atoms with Crippen molar-refractivity contribution < 1.29 is 45.0 Å². The van der Waals surface area contributed by atoms with Gasteiger partial charge in [0.05, 0.1) is 23.2 Å². The van der Waals surface area contributed by atoms with Crippen LogP contribution in [0, 0.1) is 0 Å². The summed E-state index contributed by atoms with van der Waals surface area (Å²) in [6, 6.07) is -1.27. The largest absolute Gasteiger partial charge is 0.477 e. The highest BCUT2D eigenvalue weighted by Gasteiger charge is 2.53. The second-order valence-corrected chi connectivity index (χ2v) is 5.67. The fraction of sp³-hybridized carbons (Fsp3) is 0.818. The lowest BCUT2D eigenvalue weighted by molar-refractivity contribution is -0.295. The van der Waals surface area contributed by atoms with Gasteiger partial charge in [0, 0.05) is 6.42 Å². The minimum absolute atomic E-state index is 0.0234. The summed E-state index contributed by atoms with van der Waals surface area (Å²) in [7, 11) is 0. The number of carboxylic acid groups (broad SMARTS) is 1. The maximum atomic E-state index is 11.5. The molecule has 1 heterocycles. The van der Waals surface area contributed by atoms with Crippen LogP contribution in [0.15, 0.2) is 0 Å². The molecule has 1 aliphatic heterocycles. The van der Waals surface area contributed by atoms with Crippen molar-refractivity contribution in [2.24, 2.45) is 0 Å². The number of amides is 1. The summed E-state index contributed by atoms with van der Waals surface area (Å²) in [5, 5.41) is 59.4. The van der Waals surface area contributed by atoms with Crippen LogP contribution in [-0.4, -0.2) is 89.8 Å². The van der Waals surface area contributed by atoms with Gasteiger partial charge >= 0.3 is 5.97 Å². The Morgan fingerprint density at radius 3 is 2.45 bits per heavy atom. The molecule has 11 heteroatoms. The van der Waals surface area contributed by atoms with Crippen LogP contribution in [0.1, 0.15) is 6.42 Å². The first-order valence-electron chi connectivity index (χ1n) is 6.30. The molecule has 1 rings (SSSR count). The molecular formula is C11H18INO9. The van der Waals surface area contributed by atoms with Gasteiger partial charge in [-0.2, -0.15) is 0 Å². The SMILES string of the molecule is O=C(CI)N[C@H]1[C@H]([C@H](O)[C@H](O)CO)O[C@](O)(C(=O)O)C[C@@H]1O. The zero-order chi connectivity index (χ0) is 17.1. The Labute approximate surface area is 138 Å². The molecule has 0 aliphatic carbocycles. The molecular weight excluding hydrogens is 417 g/mol. The van der Waals surface area contributed by atoms with Crippen molar-refractivity contribution in [1.29, 1.82) is 0 Å². The predicted molar refractivity (Wildman–Crippen MR) is 78.0 cm³/mol. The molecule has 10 nitrogen and oxygen atoms in total. The topological polar surface area (TPSA) is 177 Å². The Kier molecular flexibility index (Phi) is 6.91. The van der Waals surface area contributed by atoms with E-state index in [9.17, 15) is 30.0 Å². The molecule has 0 saturated carbocycles. The molecule has 1 aliphatic rings. The molecule has 0 spiro atoms. The number of carboxylic acids is 1. The lowest BCUT2D eigenvalue weighted by Crippen LogP contribution is -2.67. The molecule has 1 fully saturated rings. The van der Waals surface area contributed by atoms with Gasteiger partial charge in [0.2, 0.25) is 5.91 Å². The zero-order valence-corrected chi connectivity index (χ0v) is 13.5. The summed E-state index contributed by atoms with van der Waals surface area (Å²) in [5.41, 5.74) is 0. The minimum Gasteiger partial charge on any atom is -0.477 e. The van der Waals surface area contributed by atoms with Crippen molar-refractivity contribution in [1.82, 2.24) is 5.32 Å². The standard InChI is InChI=1S/C11H18INO9/c12-2-6(17)13-7-4(15)1-11(21,10(19)20)22-9(7)8(18)5(16)3-14/h4-5,7-9,14-16,18,21H,1-3H2,(H,13,17)(H,19,20)/t4-,5+,7+,8+,9+,11-/m0/s1. The Hall–Kier alpha value is -0.570. The number of hydrogen-bond donors (Lipinski definition) is 7. The molecule has 7 N–H and O–H groups in total. The number of hydrogen-bond acceptors (Lipinski definition) is 8. The number of rotatable bonds is 6. The van der Waals surface area contributed by atoms with Crippen LogP contribution in [0.5, 0.6) is 0 Å². The monoisotopic (exact) mass is 435 g/mol. The zero-order valence-electron chi connectivity index (χ0n) is 11.3. The van der Waals surface area contributed by atoms with E-state index < -0.39 is 61.1 Å². The second kappa shape index (κ2) is 7.81. The average molecular weight is 435 g/mol. The summed E-state index contributed by atoms with van der Waals surface area (Å²) in [6.07, 6.45) is -7.49. The first-order valence-corrected chi connectivity index (χ1v) is 7.82. The van der Waals surface area contributed by atoms with Gasteiger partial charge in [-0.25, -0.2) is 4.79 Å². The lowest BCUT2D eigenvalue weighted by Gasteiger charge is -2.44. The maximum absolute atomic E-state index is 11.5. The van der Waals surface area contributed by atoms with Crippen LogP contribution in [0.3, 0.4) is 0 Å². The molecule has 0 unspecified atom stereocenters. The third kappa shape index (κ3) is 4.24. The number of aliphatic hydroxyl groups is 5. The summed E-state index contributed by atoms with van der Waals surface area (Å²) < 4.78 is 4.93. The Bertz CT molecular complexity index is 422. The van der Waals surface area contributed by atoms with E-state index in [4.69, 9.17) is 14.9 Å². The molecule has 1 amide bonds. The van der Waals surface area contributed by atoms with Gasteiger partial charge in [-0.3, -0.25) is 4.79 Å². The normalized spacial score (nSPS) is 34.7. The fourth-order valence-electron chi connectivity index (χ4n) is 2.13. The molecule has 0 bridgehead atoms. The van der Waals surface area contributed by atoms with E-state index in [0.29, 0.717) is 0 Å². The third-order valence-corrected chi connectivity index (χ3v) is 3.98. The Morgan fingerprint density at radius 2 is 2.00 bits per heavy atom. The molecule has 6 atom stereocenters. The van der Waals surface area contributed by atoms with Gasteiger partial charge in [-0.05, 0) is 0 Å². The highest BCUT2D eigenvalue weighted by molar-refractivity contribution is 14.1. The molecule has 1 saturated heterocycles. The number of carbonyl (C=O) groups is 2. The number of halogens is 1. The van der Waals surface area contributed by atoms with Crippen LogP contribution in [0.25, 0.3) is 0 Å². The number of aliphatic hydroxyl groups excluding tert-OH is 4. The second-order valence-electron chi connectivity index (χ2n) is 4.91. The average Bonchev–Trinajstić information content (AvgIpc) is 2.47. The first-order chi connectivity index (χ1) is 10.2. The van der Waals surface area contributed by atoms with Crippen molar-refractivity contribution in [3.63, 3.8) is 0 Å². The van der Waals surface area contributed by atoms with Crippen molar-refractivity contribution in [3.05, 3.63) is 0 Å². The van der Waals surface area contributed by atoms with Gasteiger partial charge in [-0.1, -0.05) is 22.6 Å². The summed E-state index contributed by atoms with van der Waals surface area (Å²) in [6.45, 7) is -0.866. The van der Waals surface area contributed by atoms with E-state index in [0.717, 1.165) is 0 Å². The van der Waals surface area contributed by atoms with E-state index >= 15 is 0 Å². The number of aliphatic carboxylic acids is 1. The molecule has 22 heavy (non-hydrogen) atoms. The van der Waals surface area contributed by atoms with Crippen molar-refractivity contribution in [2.45, 2.75) is 42.7 Å². The molecule has 0 aromatic heterocycles. The van der Waals surface area contributed by atoms with Gasteiger partial charge in [0.1, 0.15) is 18.3 Å². The van der Waals surface area contributed by atoms with Gasteiger partial charge in [0.15, 0.2) is 0 Å². The predicted octanol–water partition coefficient (Wildman–Crippen LogP) is -3.46. The van der Waals surface area contributed by atoms with Crippen molar-refractivity contribution in [3.8, 4) is 0 Å². The van der Waals surface area contributed by atoms with E-state index in [1.54, 1.807) is 22.6 Å². The quantitative estimate of drug-likeness (QED) is 0.165. The first kappa shape index (κ1) is 19.5. The van der Waals surface area contributed by atoms with Gasteiger partial charge in [0.25, 0.3) is 5.79 Å². The highest BCUT2D eigenvalue weighted by Crippen LogP contribution is 2.30. The van der Waals surface area contributed by atoms with Gasteiger partial charge in [-0.15, -0.1) is 0 Å².